The van der Waals surface area contributed by atoms with Crippen molar-refractivity contribution >= 4 is 27.5 Å². The van der Waals surface area contributed by atoms with Gasteiger partial charge in [0.1, 0.15) is 23.6 Å². The summed E-state index contributed by atoms with van der Waals surface area (Å²) in [6, 6.07) is 9.43. The lowest BCUT2D eigenvalue weighted by Crippen LogP contribution is -2.16. The number of halogens is 1. The first-order valence-corrected chi connectivity index (χ1v) is 7.88. The number of hydrogen-bond acceptors (Lipinski definition) is 5. The Kier molecular flexibility index (Phi) is 4.35. The number of carbonyl (C=O) groups excluding carboxylic acids is 1. The van der Waals surface area contributed by atoms with Crippen LogP contribution < -0.4 is 5.56 Å². The molecule has 0 saturated heterocycles. The standard InChI is InChI=1S/C17H13BrN2O4/c1-10-2-4-13(14(21)6-10)17(23)24-9-12-7-16(22)20-8-11(18)3-5-15(20)19-12/h2-8,21H,9H2,1H3. The van der Waals surface area contributed by atoms with Crippen LogP contribution in [0.5, 0.6) is 5.75 Å². The zero-order chi connectivity index (χ0) is 17.3. The van der Waals surface area contributed by atoms with Crippen LogP contribution in [0.3, 0.4) is 0 Å². The van der Waals surface area contributed by atoms with Gasteiger partial charge in [-0.3, -0.25) is 9.20 Å². The SMILES string of the molecule is Cc1ccc(C(=O)OCc2cc(=O)n3cc(Br)ccc3n2)c(O)c1. The van der Waals surface area contributed by atoms with Crippen LogP contribution in [0.1, 0.15) is 21.6 Å². The van der Waals surface area contributed by atoms with Gasteiger partial charge < -0.3 is 9.84 Å². The molecule has 1 aromatic carbocycles. The van der Waals surface area contributed by atoms with E-state index < -0.39 is 5.97 Å². The minimum atomic E-state index is -0.676. The summed E-state index contributed by atoms with van der Waals surface area (Å²) in [5.74, 6) is -0.818. The van der Waals surface area contributed by atoms with E-state index >= 15 is 0 Å². The van der Waals surface area contributed by atoms with Gasteiger partial charge in [0.15, 0.2) is 0 Å². The van der Waals surface area contributed by atoms with Crippen LogP contribution in [0, 0.1) is 6.92 Å². The Morgan fingerprint density at radius 2 is 2.08 bits per heavy atom. The third-order valence-corrected chi connectivity index (χ3v) is 3.87. The summed E-state index contributed by atoms with van der Waals surface area (Å²) in [6.07, 6.45) is 1.62. The molecule has 0 bridgehead atoms. The number of ether oxygens (including phenoxy) is 1. The Labute approximate surface area is 145 Å². The fourth-order valence-corrected chi connectivity index (χ4v) is 2.57. The molecule has 0 saturated carbocycles. The van der Waals surface area contributed by atoms with Gasteiger partial charge in [-0.2, -0.15) is 0 Å². The molecular formula is C17H13BrN2O4. The minimum absolute atomic E-state index is 0.0713. The van der Waals surface area contributed by atoms with Crippen molar-refractivity contribution in [3.63, 3.8) is 0 Å². The summed E-state index contributed by atoms with van der Waals surface area (Å²) < 4.78 is 7.29. The average molecular weight is 389 g/mol. The van der Waals surface area contributed by atoms with E-state index in [0.717, 1.165) is 10.0 Å². The Balaban J connectivity index is 1.81. The molecule has 0 amide bonds. The first-order chi connectivity index (χ1) is 11.4. The Morgan fingerprint density at radius 3 is 2.83 bits per heavy atom. The van der Waals surface area contributed by atoms with Gasteiger partial charge in [-0.05, 0) is 52.7 Å². The summed E-state index contributed by atoms with van der Waals surface area (Å²) in [7, 11) is 0. The van der Waals surface area contributed by atoms with E-state index in [0.29, 0.717) is 11.3 Å². The lowest BCUT2D eigenvalue weighted by Gasteiger charge is -2.08. The second-order valence-electron chi connectivity index (χ2n) is 5.26. The van der Waals surface area contributed by atoms with E-state index in [-0.39, 0.29) is 23.5 Å². The molecule has 0 radical (unpaired) electrons. The van der Waals surface area contributed by atoms with Crippen molar-refractivity contribution < 1.29 is 14.6 Å². The van der Waals surface area contributed by atoms with Crippen molar-refractivity contribution in [2.24, 2.45) is 0 Å². The van der Waals surface area contributed by atoms with Crippen LogP contribution >= 0.6 is 15.9 Å². The average Bonchev–Trinajstić information content (AvgIpc) is 2.53. The van der Waals surface area contributed by atoms with Crippen molar-refractivity contribution in [1.29, 1.82) is 0 Å². The number of aromatic hydroxyl groups is 1. The van der Waals surface area contributed by atoms with Gasteiger partial charge >= 0.3 is 5.97 Å². The third kappa shape index (κ3) is 3.30. The molecule has 3 aromatic rings. The monoisotopic (exact) mass is 388 g/mol. The third-order valence-electron chi connectivity index (χ3n) is 3.40. The van der Waals surface area contributed by atoms with Crippen molar-refractivity contribution in [3.8, 4) is 5.75 Å². The normalized spacial score (nSPS) is 10.8. The maximum atomic E-state index is 12.1. The van der Waals surface area contributed by atoms with E-state index in [1.165, 1.54) is 22.6 Å². The lowest BCUT2D eigenvalue weighted by atomic mass is 10.1. The smallest absolute Gasteiger partial charge is 0.342 e. The molecule has 2 aromatic heterocycles. The molecule has 0 fully saturated rings. The number of nitrogens with zero attached hydrogens (tertiary/aromatic N) is 2. The van der Waals surface area contributed by atoms with Gasteiger partial charge in [0.25, 0.3) is 5.56 Å². The summed E-state index contributed by atoms with van der Waals surface area (Å²) in [4.78, 5) is 28.4. The number of phenolic OH excluding ortho intramolecular Hbond substituents is 1. The van der Waals surface area contributed by atoms with E-state index in [2.05, 4.69) is 20.9 Å². The van der Waals surface area contributed by atoms with Crippen LogP contribution in [0.4, 0.5) is 0 Å². The molecule has 7 heteroatoms. The quantitative estimate of drug-likeness (QED) is 0.697. The number of rotatable bonds is 3. The number of aryl methyl sites for hydroxylation is 1. The highest BCUT2D eigenvalue weighted by atomic mass is 79.9. The van der Waals surface area contributed by atoms with E-state index in [9.17, 15) is 14.7 Å². The number of pyridine rings is 1. The van der Waals surface area contributed by atoms with E-state index in [1.807, 2.05) is 0 Å². The second kappa shape index (κ2) is 6.45. The first-order valence-electron chi connectivity index (χ1n) is 7.08. The van der Waals surface area contributed by atoms with Crippen molar-refractivity contribution in [2.45, 2.75) is 13.5 Å². The zero-order valence-corrected chi connectivity index (χ0v) is 14.3. The maximum absolute atomic E-state index is 12.1. The number of benzene rings is 1. The molecular weight excluding hydrogens is 376 g/mol. The van der Waals surface area contributed by atoms with Crippen molar-refractivity contribution in [3.05, 3.63) is 74.2 Å². The zero-order valence-electron chi connectivity index (χ0n) is 12.7. The molecule has 3 rings (SSSR count). The van der Waals surface area contributed by atoms with Gasteiger partial charge in [-0.25, -0.2) is 9.78 Å². The van der Waals surface area contributed by atoms with Crippen LogP contribution in [0.2, 0.25) is 0 Å². The predicted octanol–water partition coefficient (Wildman–Crippen LogP) is 2.83. The molecule has 2 heterocycles. The Bertz CT molecular complexity index is 998. The van der Waals surface area contributed by atoms with E-state index in [1.54, 1.807) is 31.3 Å². The topological polar surface area (TPSA) is 80.9 Å². The summed E-state index contributed by atoms with van der Waals surface area (Å²) in [5.41, 5.74) is 1.42. The first kappa shape index (κ1) is 16.2. The van der Waals surface area contributed by atoms with Gasteiger partial charge in [0.05, 0.1) is 5.69 Å². The molecule has 0 atom stereocenters. The maximum Gasteiger partial charge on any atom is 0.342 e. The van der Waals surface area contributed by atoms with Crippen molar-refractivity contribution in [2.75, 3.05) is 0 Å². The highest BCUT2D eigenvalue weighted by Gasteiger charge is 2.13. The predicted molar refractivity (Wildman–Crippen MR) is 91.1 cm³/mol. The Hall–Kier alpha value is -2.67. The number of aromatic nitrogens is 2. The van der Waals surface area contributed by atoms with Crippen LogP contribution in [0.15, 0.2) is 51.9 Å². The van der Waals surface area contributed by atoms with Gasteiger partial charge in [0.2, 0.25) is 0 Å². The second-order valence-corrected chi connectivity index (χ2v) is 6.17. The van der Waals surface area contributed by atoms with Gasteiger partial charge in [0, 0.05) is 16.7 Å². The fraction of sp³-hybridized carbons (Fsp3) is 0.118. The summed E-state index contributed by atoms with van der Waals surface area (Å²) in [6.45, 7) is 1.65. The van der Waals surface area contributed by atoms with E-state index in [4.69, 9.17) is 4.74 Å². The summed E-state index contributed by atoms with van der Waals surface area (Å²) in [5, 5.41) is 9.80. The fourth-order valence-electron chi connectivity index (χ4n) is 2.23. The molecule has 1 N–H and O–H groups in total. The van der Waals surface area contributed by atoms with Gasteiger partial charge in [-0.1, -0.05) is 6.07 Å². The number of esters is 1. The molecule has 0 aliphatic carbocycles. The largest absolute Gasteiger partial charge is 0.507 e. The highest BCUT2D eigenvalue weighted by Crippen LogP contribution is 2.19. The molecule has 24 heavy (non-hydrogen) atoms. The lowest BCUT2D eigenvalue weighted by molar-refractivity contribution is 0.0464. The molecule has 0 unspecified atom stereocenters. The number of phenols is 1. The Morgan fingerprint density at radius 1 is 1.29 bits per heavy atom. The molecule has 122 valence electrons. The summed E-state index contributed by atoms with van der Waals surface area (Å²) >= 11 is 3.29. The number of fused-ring (bicyclic) bond motifs is 1. The minimum Gasteiger partial charge on any atom is -0.507 e. The van der Waals surface area contributed by atoms with Crippen LogP contribution in [-0.4, -0.2) is 20.5 Å². The van der Waals surface area contributed by atoms with Crippen LogP contribution in [0.25, 0.3) is 5.65 Å². The molecule has 0 aliphatic rings. The molecule has 0 spiro atoms. The van der Waals surface area contributed by atoms with Gasteiger partial charge in [-0.15, -0.1) is 0 Å². The number of hydrogen-bond donors (Lipinski definition) is 1. The van der Waals surface area contributed by atoms with Crippen LogP contribution in [-0.2, 0) is 11.3 Å². The van der Waals surface area contributed by atoms with Crippen molar-refractivity contribution in [1.82, 2.24) is 9.38 Å². The molecule has 6 nitrogen and oxygen atoms in total. The highest BCUT2D eigenvalue weighted by molar-refractivity contribution is 9.10. The molecule has 0 aliphatic heterocycles. The number of carbonyl (C=O) groups is 1.